The highest BCUT2D eigenvalue weighted by Crippen LogP contribution is 2.60. The Balaban J connectivity index is 1.59. The quantitative estimate of drug-likeness (QED) is 0.731. The summed E-state index contributed by atoms with van der Waals surface area (Å²) in [4.78, 5) is 22.9. The van der Waals surface area contributed by atoms with E-state index in [9.17, 15) is 18.0 Å². The maximum atomic E-state index is 12.5. The zero-order chi connectivity index (χ0) is 19.6. The summed E-state index contributed by atoms with van der Waals surface area (Å²) >= 11 is 0. The molecule has 5 fully saturated rings. The average molecular weight is 393 g/mol. The van der Waals surface area contributed by atoms with Crippen molar-refractivity contribution in [2.24, 2.45) is 23.7 Å². The minimum atomic E-state index is -4.91. The number of amides is 1. The van der Waals surface area contributed by atoms with Crippen molar-refractivity contribution < 1.29 is 37.2 Å². The van der Waals surface area contributed by atoms with Gasteiger partial charge in [-0.25, -0.2) is 9.78 Å². The summed E-state index contributed by atoms with van der Waals surface area (Å²) in [5, 5.41) is 1.95. The van der Waals surface area contributed by atoms with Crippen molar-refractivity contribution in [1.82, 2.24) is 5.32 Å². The Morgan fingerprint density at radius 1 is 1.15 bits per heavy atom. The first-order valence-corrected chi connectivity index (χ1v) is 9.62. The average Bonchev–Trinajstić information content (AvgIpc) is 2.82. The molecule has 1 saturated carbocycles. The van der Waals surface area contributed by atoms with Gasteiger partial charge < -0.3 is 14.8 Å². The molecule has 0 radical (unpaired) electrons. The van der Waals surface area contributed by atoms with E-state index < -0.39 is 35.9 Å². The van der Waals surface area contributed by atoms with E-state index >= 15 is 0 Å². The van der Waals surface area contributed by atoms with Crippen LogP contribution in [0, 0.1) is 23.7 Å². The topological polar surface area (TPSA) is 66.0 Å². The van der Waals surface area contributed by atoms with Gasteiger partial charge in [0.1, 0.15) is 0 Å². The fraction of sp³-hybridized carbons (Fsp3) is 0.944. The Morgan fingerprint density at radius 3 is 2.59 bits per heavy atom. The molecule has 2 bridgehead atoms. The van der Waals surface area contributed by atoms with Crippen molar-refractivity contribution in [1.29, 1.82) is 0 Å². The van der Waals surface area contributed by atoms with Gasteiger partial charge >= 0.3 is 12.1 Å². The van der Waals surface area contributed by atoms with Gasteiger partial charge in [0, 0.05) is 18.9 Å². The molecule has 4 saturated heterocycles. The van der Waals surface area contributed by atoms with Crippen LogP contribution in [0.25, 0.3) is 0 Å². The smallest absolute Gasteiger partial charge is 0.346 e. The summed E-state index contributed by atoms with van der Waals surface area (Å²) < 4.78 is 49.8. The number of hydrogen-bond acceptors (Lipinski definition) is 5. The number of carbonyl (C=O) groups is 1. The molecule has 154 valence electrons. The van der Waals surface area contributed by atoms with E-state index in [1.165, 1.54) is 0 Å². The number of alkyl halides is 3. The van der Waals surface area contributed by atoms with E-state index in [0.717, 1.165) is 19.3 Å². The monoisotopic (exact) mass is 393 g/mol. The number of fused-ring (bicyclic) bond motifs is 2. The van der Waals surface area contributed by atoms with Crippen LogP contribution in [0.5, 0.6) is 0 Å². The summed E-state index contributed by atoms with van der Waals surface area (Å²) in [6.45, 7) is 5.70. The third-order valence-corrected chi connectivity index (χ3v) is 7.02. The second kappa shape index (κ2) is 6.30. The van der Waals surface area contributed by atoms with Crippen LogP contribution >= 0.6 is 0 Å². The van der Waals surface area contributed by atoms with Gasteiger partial charge in [-0.2, -0.15) is 13.2 Å². The van der Waals surface area contributed by atoms with Crippen molar-refractivity contribution in [3.05, 3.63) is 0 Å². The summed E-state index contributed by atoms with van der Waals surface area (Å²) in [6, 6.07) is 0. The van der Waals surface area contributed by atoms with Crippen LogP contribution in [0.2, 0.25) is 0 Å². The largest absolute Gasteiger partial charge is 0.471 e. The highest BCUT2D eigenvalue weighted by atomic mass is 19.4. The molecule has 8 atom stereocenters. The molecule has 1 spiro atoms. The van der Waals surface area contributed by atoms with Gasteiger partial charge in [0.25, 0.3) is 0 Å². The Bertz CT molecular complexity index is 616. The molecule has 9 heteroatoms. The summed E-state index contributed by atoms with van der Waals surface area (Å²) in [7, 11) is 0. The maximum Gasteiger partial charge on any atom is 0.471 e. The minimum Gasteiger partial charge on any atom is -0.346 e. The first kappa shape index (κ1) is 19.4. The molecule has 0 aromatic carbocycles. The van der Waals surface area contributed by atoms with E-state index in [-0.39, 0.29) is 24.3 Å². The van der Waals surface area contributed by atoms with Crippen LogP contribution in [-0.4, -0.2) is 42.4 Å². The van der Waals surface area contributed by atoms with Crippen molar-refractivity contribution >= 4 is 5.91 Å². The second-order valence-electron chi connectivity index (χ2n) is 8.65. The number of halogens is 3. The van der Waals surface area contributed by atoms with Crippen molar-refractivity contribution in [2.45, 2.75) is 76.4 Å². The lowest BCUT2D eigenvalue weighted by Gasteiger charge is -2.60. The molecule has 0 aromatic rings. The number of ether oxygens (including phenoxy) is 2. The van der Waals surface area contributed by atoms with Crippen LogP contribution in [0.1, 0.15) is 46.5 Å². The molecule has 6 nitrogen and oxygen atoms in total. The summed E-state index contributed by atoms with van der Waals surface area (Å²) in [5.74, 6) is -2.37. The zero-order valence-corrected chi connectivity index (χ0v) is 15.7. The molecule has 0 unspecified atom stereocenters. The first-order chi connectivity index (χ1) is 12.6. The highest BCUT2D eigenvalue weighted by molar-refractivity contribution is 5.81. The molecule has 5 aliphatic rings. The van der Waals surface area contributed by atoms with Gasteiger partial charge in [0.05, 0.1) is 6.10 Å². The normalized spacial score (nSPS) is 49.3. The molecule has 1 aliphatic carbocycles. The fourth-order valence-corrected chi connectivity index (χ4v) is 5.51. The second-order valence-corrected chi connectivity index (χ2v) is 8.65. The van der Waals surface area contributed by atoms with Gasteiger partial charge in [0.2, 0.25) is 5.79 Å². The Hall–Kier alpha value is -0.900. The van der Waals surface area contributed by atoms with Crippen molar-refractivity contribution in [3.8, 4) is 0 Å². The molecule has 1 N–H and O–H groups in total. The van der Waals surface area contributed by atoms with E-state index in [0.29, 0.717) is 12.3 Å². The molecule has 4 aliphatic heterocycles. The van der Waals surface area contributed by atoms with Crippen LogP contribution in [0.3, 0.4) is 0 Å². The molecule has 27 heavy (non-hydrogen) atoms. The molecular weight excluding hydrogens is 367 g/mol. The number of nitrogens with one attached hydrogen (secondary N) is 1. The molecule has 0 aromatic heterocycles. The lowest BCUT2D eigenvalue weighted by Crippen LogP contribution is -2.71. The van der Waals surface area contributed by atoms with Crippen LogP contribution in [0.4, 0.5) is 13.2 Å². The van der Waals surface area contributed by atoms with E-state index in [1.54, 1.807) is 6.92 Å². The number of carbonyl (C=O) groups excluding carboxylic acids is 1. The Kier molecular flexibility index (Phi) is 4.53. The van der Waals surface area contributed by atoms with Crippen LogP contribution < -0.4 is 5.32 Å². The predicted octanol–water partition coefficient (Wildman–Crippen LogP) is 2.92. The third kappa shape index (κ3) is 2.97. The van der Waals surface area contributed by atoms with Crippen LogP contribution in [-0.2, 0) is 24.0 Å². The van der Waals surface area contributed by atoms with E-state index in [1.807, 2.05) is 12.2 Å². The SMILES string of the molecule is C[C@H]1[C@@H](CNC(=O)C(F)(F)F)O[C@@H]2O[C@@]3(C)CC[C@H]4[C@H](C)CC[C@@H]1[C@@]24OO3. The molecular formula is C18H26F3NO5. The number of hydrogen-bond donors (Lipinski definition) is 1. The van der Waals surface area contributed by atoms with Gasteiger partial charge in [-0.15, -0.1) is 0 Å². The lowest BCUT2D eigenvalue weighted by atomic mass is 9.57. The Labute approximate surface area is 156 Å². The third-order valence-electron chi connectivity index (χ3n) is 7.02. The van der Waals surface area contributed by atoms with Gasteiger partial charge in [0.15, 0.2) is 11.9 Å². The zero-order valence-electron chi connectivity index (χ0n) is 15.7. The Morgan fingerprint density at radius 2 is 1.89 bits per heavy atom. The van der Waals surface area contributed by atoms with E-state index in [4.69, 9.17) is 19.2 Å². The fourth-order valence-electron chi connectivity index (χ4n) is 5.51. The van der Waals surface area contributed by atoms with Crippen LogP contribution in [0.15, 0.2) is 0 Å². The lowest BCUT2D eigenvalue weighted by molar-refractivity contribution is -0.570. The molecule has 5 rings (SSSR count). The highest BCUT2D eigenvalue weighted by Gasteiger charge is 2.69. The standard InChI is InChI=1S/C18H26F3NO5/c1-9-4-5-12-10(2)13(8-22-14(23)18(19,20)21)24-15-17(12)11(9)6-7-16(3,25-15)26-27-17/h9-13,15H,4-8H2,1-3H3,(H,22,23)/t9-,10-,11+,12+,13-,15-,16-,17-/m1/s1. The maximum absolute atomic E-state index is 12.5. The summed E-state index contributed by atoms with van der Waals surface area (Å²) in [5.41, 5.74) is -0.752. The van der Waals surface area contributed by atoms with E-state index in [2.05, 4.69) is 6.92 Å². The minimum absolute atomic E-state index is 0.0212. The van der Waals surface area contributed by atoms with Crippen molar-refractivity contribution in [3.63, 3.8) is 0 Å². The predicted molar refractivity (Wildman–Crippen MR) is 85.9 cm³/mol. The van der Waals surface area contributed by atoms with Crippen molar-refractivity contribution in [2.75, 3.05) is 6.54 Å². The van der Waals surface area contributed by atoms with Gasteiger partial charge in [-0.05, 0) is 43.9 Å². The summed E-state index contributed by atoms with van der Waals surface area (Å²) in [6.07, 6.45) is -2.80. The number of rotatable bonds is 2. The molecule has 4 heterocycles. The van der Waals surface area contributed by atoms with Gasteiger partial charge in [-0.3, -0.25) is 4.79 Å². The molecule has 1 amide bonds. The first-order valence-electron chi connectivity index (χ1n) is 9.62. The van der Waals surface area contributed by atoms with Gasteiger partial charge in [-0.1, -0.05) is 13.8 Å².